The van der Waals surface area contributed by atoms with Crippen LogP contribution in [0.25, 0.3) is 10.8 Å². The normalized spacial score (nSPS) is 10.8. The molecule has 4 rings (SSSR count). The summed E-state index contributed by atoms with van der Waals surface area (Å²) in [5.74, 6) is 1.62. The highest BCUT2D eigenvalue weighted by atomic mass is 16.5. The molecule has 0 spiro atoms. The number of rotatable bonds is 10. The molecule has 0 aliphatic heterocycles. The van der Waals surface area contributed by atoms with Crippen LogP contribution >= 0.6 is 0 Å². The maximum Gasteiger partial charge on any atom is 0.255 e. The highest BCUT2D eigenvalue weighted by molar-refractivity contribution is 6.06. The van der Waals surface area contributed by atoms with E-state index in [4.69, 9.17) is 9.47 Å². The Morgan fingerprint density at radius 3 is 2.27 bits per heavy atom. The van der Waals surface area contributed by atoms with Crippen LogP contribution in [-0.2, 0) is 0 Å². The van der Waals surface area contributed by atoms with E-state index in [1.165, 1.54) is 5.56 Å². The minimum Gasteiger partial charge on any atom is -0.506 e. The van der Waals surface area contributed by atoms with Crippen LogP contribution in [-0.4, -0.2) is 31.2 Å². The van der Waals surface area contributed by atoms with Gasteiger partial charge in [0, 0.05) is 24.4 Å². The number of benzene rings is 4. The van der Waals surface area contributed by atoms with Crippen LogP contribution in [0, 0.1) is 20.8 Å². The Balaban J connectivity index is 1.43. The van der Waals surface area contributed by atoms with E-state index in [0.717, 1.165) is 40.8 Å². The monoisotopic (exact) mass is 498 g/mol. The van der Waals surface area contributed by atoms with Crippen molar-refractivity contribution < 1.29 is 19.4 Å². The van der Waals surface area contributed by atoms with Gasteiger partial charge in [0.15, 0.2) is 5.75 Å². The second kappa shape index (κ2) is 11.7. The summed E-state index contributed by atoms with van der Waals surface area (Å²) in [5.41, 5.74) is 4.45. The molecule has 0 fully saturated rings. The van der Waals surface area contributed by atoms with E-state index in [-0.39, 0.29) is 17.2 Å². The van der Waals surface area contributed by atoms with Gasteiger partial charge < -0.3 is 25.2 Å². The van der Waals surface area contributed by atoms with E-state index in [9.17, 15) is 9.90 Å². The first-order valence-electron chi connectivity index (χ1n) is 12.6. The van der Waals surface area contributed by atoms with Crippen molar-refractivity contribution in [1.82, 2.24) is 5.32 Å². The number of aromatic hydroxyl groups is 1. The van der Waals surface area contributed by atoms with Gasteiger partial charge in [-0.1, -0.05) is 48.0 Å². The molecule has 37 heavy (non-hydrogen) atoms. The largest absolute Gasteiger partial charge is 0.506 e. The van der Waals surface area contributed by atoms with Crippen LogP contribution in [0.1, 0.15) is 39.9 Å². The quantitative estimate of drug-likeness (QED) is 0.207. The first-order valence-corrected chi connectivity index (χ1v) is 12.6. The molecule has 6 nitrogen and oxygen atoms in total. The number of phenols is 1. The summed E-state index contributed by atoms with van der Waals surface area (Å²) in [4.78, 5) is 13.0. The van der Waals surface area contributed by atoms with Crippen LogP contribution in [0.15, 0.2) is 66.7 Å². The van der Waals surface area contributed by atoms with Crippen molar-refractivity contribution in [2.24, 2.45) is 0 Å². The van der Waals surface area contributed by atoms with E-state index in [2.05, 4.69) is 23.6 Å². The molecule has 6 heteroatoms. The molecule has 0 aliphatic rings. The lowest BCUT2D eigenvalue weighted by Crippen LogP contribution is -2.25. The number of hydrogen-bond donors (Lipinski definition) is 3. The number of unbranched alkanes of at least 4 members (excludes halogenated alkanes) is 1. The van der Waals surface area contributed by atoms with Gasteiger partial charge >= 0.3 is 0 Å². The summed E-state index contributed by atoms with van der Waals surface area (Å²) in [6.45, 7) is 7.15. The number of ether oxygens (including phenoxy) is 2. The Hall–Kier alpha value is -4.19. The fraction of sp³-hybridized carbons (Fsp3) is 0.258. The molecule has 1 amide bonds. The van der Waals surface area contributed by atoms with Crippen LogP contribution in [0.3, 0.4) is 0 Å². The molecular formula is C31H34N2O4. The number of fused-ring (bicyclic) bond motifs is 1. The molecule has 0 unspecified atom stereocenters. The molecule has 0 bridgehead atoms. The minimum atomic E-state index is -0.346. The summed E-state index contributed by atoms with van der Waals surface area (Å²) in [7, 11) is 1.84. The third-order valence-electron chi connectivity index (χ3n) is 6.29. The Bertz CT molecular complexity index is 1410. The van der Waals surface area contributed by atoms with Gasteiger partial charge in [-0.05, 0) is 69.0 Å². The number of anilines is 1. The zero-order valence-electron chi connectivity index (χ0n) is 21.9. The smallest absolute Gasteiger partial charge is 0.255 e. The standard InChI is InChI=1S/C31H34N2O4/c1-20-11-13-27(22(3)17-20)36-16-8-7-15-33-31(35)25-19-29(23-9-5-6-10-24(23)30(25)34)37-28-14-12-21(2)18-26(28)32-4/h5-6,9-14,17-19,32,34H,7-8,15-16H2,1-4H3,(H,33,35). The third kappa shape index (κ3) is 6.15. The summed E-state index contributed by atoms with van der Waals surface area (Å²) >= 11 is 0. The molecule has 0 radical (unpaired) electrons. The van der Waals surface area contributed by atoms with E-state index >= 15 is 0 Å². The van der Waals surface area contributed by atoms with E-state index in [0.29, 0.717) is 30.0 Å². The maximum atomic E-state index is 13.0. The van der Waals surface area contributed by atoms with Gasteiger partial charge in [-0.15, -0.1) is 0 Å². The predicted molar refractivity (Wildman–Crippen MR) is 149 cm³/mol. The number of carbonyl (C=O) groups is 1. The second-order valence-electron chi connectivity index (χ2n) is 9.25. The lowest BCUT2D eigenvalue weighted by Gasteiger charge is -2.16. The van der Waals surface area contributed by atoms with Gasteiger partial charge in [-0.25, -0.2) is 0 Å². The van der Waals surface area contributed by atoms with Gasteiger partial charge in [0.2, 0.25) is 0 Å². The molecule has 0 aromatic heterocycles. The van der Waals surface area contributed by atoms with Crippen LogP contribution in [0.5, 0.6) is 23.0 Å². The van der Waals surface area contributed by atoms with Gasteiger partial charge in [0.05, 0.1) is 17.9 Å². The number of hydrogen-bond acceptors (Lipinski definition) is 5. The lowest BCUT2D eigenvalue weighted by molar-refractivity contribution is 0.0949. The molecule has 0 atom stereocenters. The highest BCUT2D eigenvalue weighted by Gasteiger charge is 2.19. The minimum absolute atomic E-state index is 0.0589. The first-order chi connectivity index (χ1) is 17.9. The Morgan fingerprint density at radius 2 is 1.54 bits per heavy atom. The lowest BCUT2D eigenvalue weighted by atomic mass is 10.0. The first kappa shape index (κ1) is 25.9. The molecular weight excluding hydrogens is 464 g/mol. The SMILES string of the molecule is CNc1cc(C)ccc1Oc1cc(C(=O)NCCCCOc2ccc(C)cc2C)c(O)c2ccccc12. The van der Waals surface area contributed by atoms with E-state index in [1.54, 1.807) is 12.1 Å². The fourth-order valence-electron chi connectivity index (χ4n) is 4.30. The third-order valence-corrected chi connectivity index (χ3v) is 6.29. The van der Waals surface area contributed by atoms with Crippen molar-refractivity contribution in [1.29, 1.82) is 0 Å². The molecule has 0 aliphatic carbocycles. The average molecular weight is 499 g/mol. The highest BCUT2D eigenvalue weighted by Crippen LogP contribution is 2.39. The Labute approximate surface area is 218 Å². The van der Waals surface area contributed by atoms with Crippen LogP contribution < -0.4 is 20.1 Å². The van der Waals surface area contributed by atoms with Crippen molar-refractivity contribution in [3.05, 3.63) is 89.0 Å². The predicted octanol–water partition coefficient (Wildman–Crippen LogP) is 6.89. The fourth-order valence-corrected chi connectivity index (χ4v) is 4.30. The Kier molecular flexibility index (Phi) is 8.18. The van der Waals surface area contributed by atoms with Crippen molar-refractivity contribution in [2.45, 2.75) is 33.6 Å². The van der Waals surface area contributed by atoms with Gasteiger partial charge in [0.25, 0.3) is 5.91 Å². The molecule has 0 heterocycles. The second-order valence-corrected chi connectivity index (χ2v) is 9.25. The van der Waals surface area contributed by atoms with Gasteiger partial charge in [0.1, 0.15) is 17.2 Å². The summed E-state index contributed by atoms with van der Waals surface area (Å²) in [6.07, 6.45) is 1.55. The maximum absolute atomic E-state index is 13.0. The van der Waals surface area contributed by atoms with Crippen molar-refractivity contribution >= 4 is 22.4 Å². The van der Waals surface area contributed by atoms with Gasteiger partial charge in [-0.3, -0.25) is 4.79 Å². The number of amides is 1. The van der Waals surface area contributed by atoms with Crippen LogP contribution in [0.2, 0.25) is 0 Å². The van der Waals surface area contributed by atoms with E-state index in [1.807, 2.05) is 69.4 Å². The summed E-state index contributed by atoms with van der Waals surface area (Å²) in [6, 6.07) is 20.9. The average Bonchev–Trinajstić information content (AvgIpc) is 2.89. The molecule has 4 aromatic rings. The van der Waals surface area contributed by atoms with Crippen molar-refractivity contribution in [2.75, 3.05) is 25.5 Å². The summed E-state index contributed by atoms with van der Waals surface area (Å²) in [5, 5.41) is 18.3. The van der Waals surface area contributed by atoms with E-state index < -0.39 is 0 Å². The molecule has 0 saturated heterocycles. The molecule has 3 N–H and O–H groups in total. The Morgan fingerprint density at radius 1 is 0.838 bits per heavy atom. The zero-order chi connectivity index (χ0) is 26.4. The molecule has 0 saturated carbocycles. The molecule has 4 aromatic carbocycles. The number of carbonyl (C=O) groups excluding carboxylic acids is 1. The zero-order valence-corrected chi connectivity index (χ0v) is 21.9. The van der Waals surface area contributed by atoms with Crippen molar-refractivity contribution in [3.63, 3.8) is 0 Å². The summed E-state index contributed by atoms with van der Waals surface area (Å²) < 4.78 is 12.1. The van der Waals surface area contributed by atoms with Crippen molar-refractivity contribution in [3.8, 4) is 23.0 Å². The number of aryl methyl sites for hydroxylation is 3. The molecule has 192 valence electrons. The van der Waals surface area contributed by atoms with Crippen LogP contribution in [0.4, 0.5) is 5.69 Å². The number of nitrogens with one attached hydrogen (secondary N) is 2. The van der Waals surface area contributed by atoms with Gasteiger partial charge in [-0.2, -0.15) is 0 Å². The number of phenolic OH excluding ortho intramolecular Hbond substituents is 1. The topological polar surface area (TPSA) is 79.8 Å².